The Bertz CT molecular complexity index is 887. The van der Waals surface area contributed by atoms with Crippen LogP contribution in [0.5, 0.6) is 0 Å². The monoisotopic (exact) mass is 391 g/mol. The van der Waals surface area contributed by atoms with Gasteiger partial charge < -0.3 is 14.9 Å². The molecule has 0 spiro atoms. The summed E-state index contributed by atoms with van der Waals surface area (Å²) in [5, 5.41) is 16.9. The summed E-state index contributed by atoms with van der Waals surface area (Å²) in [5.41, 5.74) is 2.26. The third kappa shape index (κ3) is 4.91. The van der Waals surface area contributed by atoms with Gasteiger partial charge in [0.2, 0.25) is 0 Å². The van der Waals surface area contributed by atoms with Crippen LogP contribution in [0.4, 0.5) is 0 Å². The normalized spacial score (nSPS) is 17.4. The van der Waals surface area contributed by atoms with Crippen molar-refractivity contribution in [2.24, 2.45) is 0 Å². The van der Waals surface area contributed by atoms with E-state index in [0.29, 0.717) is 18.8 Å². The number of piperidine rings is 1. The molecule has 2 N–H and O–H groups in total. The predicted molar refractivity (Wildman–Crippen MR) is 109 cm³/mol. The molecule has 1 aliphatic heterocycles. The average molecular weight is 391 g/mol. The lowest BCUT2D eigenvalue weighted by molar-refractivity contribution is 0.0622. The number of amides is 1. The van der Waals surface area contributed by atoms with Gasteiger partial charge in [-0.05, 0) is 30.5 Å². The predicted octanol–water partition coefficient (Wildman–Crippen LogP) is 3.15. The highest BCUT2D eigenvalue weighted by Gasteiger charge is 2.22. The molecule has 1 amide bonds. The summed E-state index contributed by atoms with van der Waals surface area (Å²) in [5.74, 6) is 0.344. The highest BCUT2D eigenvalue weighted by atomic mass is 16.5. The molecule has 1 aromatic heterocycles. The van der Waals surface area contributed by atoms with E-state index in [0.717, 1.165) is 30.5 Å². The van der Waals surface area contributed by atoms with E-state index in [1.807, 2.05) is 60.7 Å². The Morgan fingerprint density at radius 3 is 2.41 bits per heavy atom. The topological polar surface area (TPSA) is 78.6 Å². The number of nitrogens with zero attached hydrogens (tertiary/aromatic N) is 2. The minimum Gasteiger partial charge on any atom is -0.392 e. The Morgan fingerprint density at radius 2 is 1.79 bits per heavy atom. The molecule has 1 saturated heterocycles. The van der Waals surface area contributed by atoms with Crippen LogP contribution in [-0.4, -0.2) is 40.3 Å². The van der Waals surface area contributed by atoms with Crippen molar-refractivity contribution in [3.05, 3.63) is 89.3 Å². The molecule has 0 radical (unpaired) electrons. The van der Waals surface area contributed by atoms with Gasteiger partial charge in [0.25, 0.3) is 5.91 Å². The van der Waals surface area contributed by atoms with Gasteiger partial charge in [-0.1, -0.05) is 65.8 Å². The number of hydrogen-bond acceptors (Lipinski definition) is 5. The summed E-state index contributed by atoms with van der Waals surface area (Å²) < 4.78 is 5.38. The van der Waals surface area contributed by atoms with E-state index >= 15 is 0 Å². The maximum absolute atomic E-state index is 12.9. The third-order valence-electron chi connectivity index (χ3n) is 5.19. The number of likely N-dealkylation sites (tertiary alicyclic amines) is 1. The van der Waals surface area contributed by atoms with Crippen LogP contribution >= 0.6 is 0 Å². The minimum absolute atomic E-state index is 0.259. The van der Waals surface area contributed by atoms with Crippen LogP contribution in [0, 0.1) is 0 Å². The maximum atomic E-state index is 12.9. The molecule has 29 heavy (non-hydrogen) atoms. The van der Waals surface area contributed by atoms with Gasteiger partial charge in [0, 0.05) is 12.6 Å². The first-order chi connectivity index (χ1) is 14.2. The summed E-state index contributed by atoms with van der Waals surface area (Å²) >= 11 is 0. The number of benzene rings is 2. The van der Waals surface area contributed by atoms with Crippen molar-refractivity contribution in [1.29, 1.82) is 0 Å². The smallest absolute Gasteiger partial charge is 0.274 e. The standard InChI is InChI=1S/C23H25N3O3/c27-19-12-7-13-26(15-19)16-20-14-21(25-29-20)23(28)24-22(17-8-3-1-4-9-17)18-10-5-2-6-11-18/h1-6,8-11,14,19,22,27H,7,12-13,15-16H2,(H,24,28). The Hall–Kier alpha value is -2.96. The van der Waals surface area contributed by atoms with Gasteiger partial charge in [0.05, 0.1) is 18.7 Å². The quantitative estimate of drug-likeness (QED) is 0.675. The maximum Gasteiger partial charge on any atom is 0.274 e. The summed E-state index contributed by atoms with van der Waals surface area (Å²) in [4.78, 5) is 15.0. The minimum atomic E-state index is -0.299. The molecule has 3 aromatic rings. The molecule has 2 aromatic carbocycles. The van der Waals surface area contributed by atoms with Crippen molar-refractivity contribution in [2.75, 3.05) is 13.1 Å². The van der Waals surface area contributed by atoms with Crippen LogP contribution in [0.25, 0.3) is 0 Å². The fourth-order valence-corrected chi connectivity index (χ4v) is 3.74. The van der Waals surface area contributed by atoms with Crippen molar-refractivity contribution >= 4 is 5.91 Å². The number of hydrogen-bond donors (Lipinski definition) is 2. The number of aromatic nitrogens is 1. The molecule has 0 saturated carbocycles. The van der Waals surface area contributed by atoms with Crippen LogP contribution < -0.4 is 5.32 Å². The number of rotatable bonds is 6. The molecule has 6 heteroatoms. The van der Waals surface area contributed by atoms with E-state index in [1.165, 1.54) is 0 Å². The van der Waals surface area contributed by atoms with Crippen LogP contribution in [0.3, 0.4) is 0 Å². The summed E-state index contributed by atoms with van der Waals surface area (Å²) in [6.45, 7) is 2.06. The molecule has 0 aliphatic carbocycles. The second-order valence-corrected chi connectivity index (χ2v) is 7.44. The molecular weight excluding hydrogens is 366 g/mol. The molecule has 1 unspecified atom stereocenters. The lowest BCUT2D eigenvalue weighted by Crippen LogP contribution is -2.37. The highest BCUT2D eigenvalue weighted by molar-refractivity contribution is 5.92. The first-order valence-electron chi connectivity index (χ1n) is 9.96. The third-order valence-corrected chi connectivity index (χ3v) is 5.19. The van der Waals surface area contributed by atoms with Crippen LogP contribution in [0.15, 0.2) is 71.3 Å². The van der Waals surface area contributed by atoms with Crippen molar-refractivity contribution < 1.29 is 14.4 Å². The number of carbonyl (C=O) groups excluding carboxylic acids is 1. The first-order valence-corrected chi connectivity index (χ1v) is 9.96. The lowest BCUT2D eigenvalue weighted by Gasteiger charge is -2.28. The fraction of sp³-hybridized carbons (Fsp3) is 0.304. The number of nitrogens with one attached hydrogen (secondary N) is 1. The number of β-amino-alcohol motifs (C(OH)–C–C–N with tert-alkyl or cyclic N) is 1. The Labute approximate surface area is 170 Å². The van der Waals surface area contributed by atoms with Gasteiger partial charge in [-0.25, -0.2) is 0 Å². The number of aliphatic hydroxyl groups is 1. The Kier molecular flexibility index (Phi) is 6.03. The van der Waals surface area contributed by atoms with E-state index in [1.54, 1.807) is 6.07 Å². The molecule has 2 heterocycles. The Balaban J connectivity index is 1.47. The van der Waals surface area contributed by atoms with E-state index in [2.05, 4.69) is 15.4 Å². The summed E-state index contributed by atoms with van der Waals surface area (Å²) in [6, 6.07) is 21.1. The van der Waals surface area contributed by atoms with Crippen molar-refractivity contribution in [1.82, 2.24) is 15.4 Å². The molecular formula is C23H25N3O3. The van der Waals surface area contributed by atoms with Crippen LogP contribution in [-0.2, 0) is 6.54 Å². The second kappa shape index (κ2) is 9.03. The van der Waals surface area contributed by atoms with Crippen molar-refractivity contribution in [3.63, 3.8) is 0 Å². The lowest BCUT2D eigenvalue weighted by atomic mass is 9.98. The summed E-state index contributed by atoms with van der Waals surface area (Å²) in [6.07, 6.45) is 1.49. The molecule has 1 aliphatic rings. The van der Waals surface area contributed by atoms with Crippen LogP contribution in [0.1, 0.15) is 46.3 Å². The highest BCUT2D eigenvalue weighted by Crippen LogP contribution is 2.22. The zero-order chi connectivity index (χ0) is 20.1. The van der Waals surface area contributed by atoms with E-state index in [-0.39, 0.29) is 23.7 Å². The second-order valence-electron chi connectivity index (χ2n) is 7.44. The molecule has 1 fully saturated rings. The zero-order valence-electron chi connectivity index (χ0n) is 16.2. The van der Waals surface area contributed by atoms with Crippen molar-refractivity contribution in [2.45, 2.75) is 31.5 Å². The van der Waals surface area contributed by atoms with E-state index in [4.69, 9.17) is 4.52 Å². The molecule has 0 bridgehead atoms. The zero-order valence-corrected chi connectivity index (χ0v) is 16.2. The molecule has 6 nitrogen and oxygen atoms in total. The van der Waals surface area contributed by atoms with Gasteiger partial charge in [0.1, 0.15) is 0 Å². The van der Waals surface area contributed by atoms with Gasteiger partial charge in [-0.2, -0.15) is 0 Å². The molecule has 1 atom stereocenters. The number of aliphatic hydroxyl groups excluding tert-OH is 1. The van der Waals surface area contributed by atoms with Gasteiger partial charge in [-0.15, -0.1) is 0 Å². The van der Waals surface area contributed by atoms with Gasteiger partial charge >= 0.3 is 0 Å². The molecule has 150 valence electrons. The largest absolute Gasteiger partial charge is 0.392 e. The van der Waals surface area contributed by atoms with E-state index in [9.17, 15) is 9.90 Å². The van der Waals surface area contributed by atoms with E-state index < -0.39 is 0 Å². The fourth-order valence-electron chi connectivity index (χ4n) is 3.74. The molecule has 4 rings (SSSR count). The Morgan fingerprint density at radius 1 is 1.14 bits per heavy atom. The van der Waals surface area contributed by atoms with Crippen molar-refractivity contribution in [3.8, 4) is 0 Å². The first kappa shape index (κ1) is 19.4. The van der Waals surface area contributed by atoms with Gasteiger partial charge in [-0.3, -0.25) is 9.69 Å². The summed E-state index contributed by atoms with van der Waals surface area (Å²) in [7, 11) is 0. The van der Waals surface area contributed by atoms with Crippen LogP contribution in [0.2, 0.25) is 0 Å². The SMILES string of the molecule is O=C(NC(c1ccccc1)c1ccccc1)c1cc(CN2CCCC(O)C2)on1. The average Bonchev–Trinajstić information content (AvgIpc) is 3.22. The van der Waals surface area contributed by atoms with Gasteiger partial charge in [0.15, 0.2) is 11.5 Å². The number of carbonyl (C=O) groups is 1.